The van der Waals surface area contributed by atoms with Gasteiger partial charge in [0.25, 0.3) is 11.1 Å². The van der Waals surface area contributed by atoms with Crippen LogP contribution in [0.1, 0.15) is 16.1 Å². The summed E-state index contributed by atoms with van der Waals surface area (Å²) in [6.45, 7) is 1.87. The molecule has 1 aromatic carbocycles. The van der Waals surface area contributed by atoms with Crippen molar-refractivity contribution >= 4 is 43.9 Å². The summed E-state index contributed by atoms with van der Waals surface area (Å²) in [7, 11) is 3.09. The Morgan fingerprint density at radius 1 is 1.14 bits per heavy atom. The molecule has 1 N–H and O–H groups in total. The maximum Gasteiger partial charge on any atom is 0.295 e. The predicted molar refractivity (Wildman–Crippen MR) is 109 cm³/mol. The van der Waals surface area contributed by atoms with Gasteiger partial charge in [-0.15, -0.1) is 16.4 Å². The first kappa shape index (κ1) is 18.3. The molecule has 0 saturated carbocycles. The van der Waals surface area contributed by atoms with E-state index in [1.807, 2.05) is 25.1 Å². The smallest absolute Gasteiger partial charge is 0.295 e. The van der Waals surface area contributed by atoms with Crippen LogP contribution in [0.2, 0.25) is 0 Å². The number of rotatable bonds is 5. The van der Waals surface area contributed by atoms with Crippen molar-refractivity contribution in [2.24, 2.45) is 0 Å². The Bertz CT molecular complexity index is 1170. The number of nitrogens with zero attached hydrogens (tertiary/aromatic N) is 4. The van der Waals surface area contributed by atoms with Crippen molar-refractivity contribution < 1.29 is 14.3 Å². The average Bonchev–Trinajstić information content (AvgIpc) is 3.35. The Labute approximate surface area is 168 Å². The number of amides is 1. The number of hydrogen-bond donors (Lipinski definition) is 1. The van der Waals surface area contributed by atoms with Gasteiger partial charge in [0.1, 0.15) is 5.75 Å². The number of carbonyl (C=O) groups excluding carboxylic acids is 1. The molecule has 0 saturated heterocycles. The quantitative estimate of drug-likeness (QED) is 0.531. The molecule has 0 fully saturated rings. The van der Waals surface area contributed by atoms with Crippen LogP contribution in [0.5, 0.6) is 10.9 Å². The summed E-state index contributed by atoms with van der Waals surface area (Å²) < 4.78 is 11.6. The molecule has 28 heavy (non-hydrogen) atoms. The first-order chi connectivity index (χ1) is 13.6. The van der Waals surface area contributed by atoms with Gasteiger partial charge in [0.2, 0.25) is 5.13 Å². The monoisotopic (exact) mass is 413 g/mol. The Kier molecular flexibility index (Phi) is 4.88. The molecule has 142 valence electrons. The fourth-order valence-corrected chi connectivity index (χ4v) is 4.04. The van der Waals surface area contributed by atoms with Crippen molar-refractivity contribution in [3.8, 4) is 22.1 Å². The highest BCUT2D eigenvalue weighted by molar-refractivity contribution is 7.17. The van der Waals surface area contributed by atoms with Crippen LogP contribution in [-0.2, 0) is 0 Å². The highest BCUT2D eigenvalue weighted by Gasteiger charge is 2.21. The molecule has 0 radical (unpaired) electrons. The number of hydrogen-bond acceptors (Lipinski definition) is 9. The van der Waals surface area contributed by atoms with Gasteiger partial charge in [-0.3, -0.25) is 15.1 Å². The van der Waals surface area contributed by atoms with Crippen LogP contribution in [-0.4, -0.2) is 40.3 Å². The lowest BCUT2D eigenvalue weighted by atomic mass is 9.98. The first-order valence-corrected chi connectivity index (χ1v) is 9.86. The van der Waals surface area contributed by atoms with E-state index in [-0.39, 0.29) is 5.91 Å². The lowest BCUT2D eigenvalue weighted by Crippen LogP contribution is -2.14. The zero-order valence-electron chi connectivity index (χ0n) is 15.2. The standard InChI is InChI=1S/C18H15N5O3S2/c1-9-6-10(14-12(25-2)4-5-13-15(14)20-8-27-13)11(7-19-9)16(24)21-17-22-23-18(26-3)28-17/h4-8H,1-3H3,(H,21,22,24). The van der Waals surface area contributed by atoms with Crippen molar-refractivity contribution in [1.29, 1.82) is 0 Å². The van der Waals surface area contributed by atoms with Crippen LogP contribution in [0.15, 0.2) is 29.9 Å². The van der Waals surface area contributed by atoms with Gasteiger partial charge in [-0.05, 0) is 36.5 Å². The molecule has 4 aromatic rings. The minimum atomic E-state index is -0.351. The van der Waals surface area contributed by atoms with Crippen LogP contribution < -0.4 is 14.8 Å². The van der Waals surface area contributed by atoms with E-state index in [2.05, 4.69) is 25.5 Å². The second-order valence-electron chi connectivity index (χ2n) is 5.74. The number of ether oxygens (including phenoxy) is 2. The molecule has 0 aliphatic carbocycles. The number of anilines is 1. The second-order valence-corrected chi connectivity index (χ2v) is 7.57. The Morgan fingerprint density at radius 2 is 2.00 bits per heavy atom. The number of benzene rings is 1. The third kappa shape index (κ3) is 3.27. The highest BCUT2D eigenvalue weighted by atomic mass is 32.1. The normalized spacial score (nSPS) is 10.8. The van der Waals surface area contributed by atoms with E-state index in [1.54, 1.807) is 18.8 Å². The van der Waals surface area contributed by atoms with Crippen LogP contribution in [0, 0.1) is 6.92 Å². The summed E-state index contributed by atoms with van der Waals surface area (Å²) in [6, 6.07) is 5.69. The molecule has 0 spiro atoms. The van der Waals surface area contributed by atoms with Crippen molar-refractivity contribution in [2.75, 3.05) is 19.5 Å². The largest absolute Gasteiger partial charge is 0.496 e. The number of thiazole rings is 1. The molecule has 10 heteroatoms. The molecule has 8 nitrogen and oxygen atoms in total. The SMILES string of the molecule is COc1nnc(NC(=O)c2cnc(C)cc2-c2c(OC)ccc3scnc23)s1. The maximum atomic E-state index is 13.0. The molecule has 3 aromatic heterocycles. The van der Waals surface area contributed by atoms with Gasteiger partial charge in [0.05, 0.1) is 41.1 Å². The zero-order chi connectivity index (χ0) is 19.7. The third-order valence-corrected chi connectivity index (χ3v) is 5.63. The minimum Gasteiger partial charge on any atom is -0.496 e. The number of nitrogens with one attached hydrogen (secondary N) is 1. The van der Waals surface area contributed by atoms with E-state index in [1.165, 1.54) is 18.4 Å². The summed E-state index contributed by atoms with van der Waals surface area (Å²) in [6.07, 6.45) is 1.54. The van der Waals surface area contributed by atoms with Crippen LogP contribution in [0.3, 0.4) is 0 Å². The molecule has 4 rings (SSSR count). The molecular formula is C18H15N5O3S2. The number of carbonyl (C=O) groups is 1. The number of fused-ring (bicyclic) bond motifs is 1. The van der Waals surface area contributed by atoms with Crippen molar-refractivity contribution in [3.05, 3.63) is 41.2 Å². The van der Waals surface area contributed by atoms with Crippen molar-refractivity contribution in [2.45, 2.75) is 6.92 Å². The van der Waals surface area contributed by atoms with Gasteiger partial charge in [-0.1, -0.05) is 5.10 Å². The van der Waals surface area contributed by atoms with E-state index < -0.39 is 0 Å². The lowest BCUT2D eigenvalue weighted by Gasteiger charge is -2.14. The summed E-state index contributed by atoms with van der Waals surface area (Å²) in [5.41, 5.74) is 5.16. The summed E-state index contributed by atoms with van der Waals surface area (Å²) in [5.74, 6) is 0.284. The summed E-state index contributed by atoms with van der Waals surface area (Å²) >= 11 is 2.67. The Hall–Kier alpha value is -3.11. The molecule has 0 bridgehead atoms. The highest BCUT2D eigenvalue weighted by Crippen LogP contribution is 2.39. The van der Waals surface area contributed by atoms with Crippen LogP contribution in [0.25, 0.3) is 21.3 Å². The minimum absolute atomic E-state index is 0.340. The molecule has 0 unspecified atom stereocenters. The number of methoxy groups -OCH3 is 2. The van der Waals surface area contributed by atoms with E-state index in [9.17, 15) is 4.79 Å². The summed E-state index contributed by atoms with van der Waals surface area (Å²) in [5, 5.41) is 11.2. The molecule has 0 aliphatic heterocycles. The summed E-state index contributed by atoms with van der Waals surface area (Å²) in [4.78, 5) is 21.8. The van der Waals surface area contributed by atoms with Crippen LogP contribution in [0.4, 0.5) is 5.13 Å². The number of pyridine rings is 1. The van der Waals surface area contributed by atoms with E-state index >= 15 is 0 Å². The van der Waals surface area contributed by atoms with Crippen molar-refractivity contribution in [3.63, 3.8) is 0 Å². The van der Waals surface area contributed by atoms with Gasteiger partial charge in [0.15, 0.2) is 0 Å². The van der Waals surface area contributed by atoms with E-state index in [0.717, 1.165) is 32.8 Å². The van der Waals surface area contributed by atoms with Gasteiger partial charge in [-0.25, -0.2) is 4.98 Å². The van der Waals surface area contributed by atoms with E-state index in [4.69, 9.17) is 9.47 Å². The average molecular weight is 413 g/mol. The number of aromatic nitrogens is 4. The molecule has 3 heterocycles. The Morgan fingerprint density at radius 3 is 2.75 bits per heavy atom. The molecule has 0 atom stereocenters. The molecule has 1 amide bonds. The second kappa shape index (κ2) is 7.49. The van der Waals surface area contributed by atoms with Gasteiger partial charge in [-0.2, -0.15) is 0 Å². The molecular weight excluding hydrogens is 398 g/mol. The van der Waals surface area contributed by atoms with Gasteiger partial charge in [0, 0.05) is 17.5 Å². The van der Waals surface area contributed by atoms with Crippen molar-refractivity contribution in [1.82, 2.24) is 20.2 Å². The Balaban J connectivity index is 1.84. The van der Waals surface area contributed by atoms with Gasteiger partial charge < -0.3 is 9.47 Å². The molecule has 0 aliphatic rings. The lowest BCUT2D eigenvalue weighted by molar-refractivity contribution is 0.102. The first-order valence-electron chi connectivity index (χ1n) is 8.16. The van der Waals surface area contributed by atoms with Gasteiger partial charge >= 0.3 is 0 Å². The zero-order valence-corrected chi connectivity index (χ0v) is 16.8. The maximum absolute atomic E-state index is 13.0. The fraction of sp³-hybridized carbons (Fsp3) is 0.167. The third-order valence-electron chi connectivity index (χ3n) is 4.04. The number of aryl methyl sites for hydroxylation is 1. The predicted octanol–water partition coefficient (Wildman–Crippen LogP) is 3.79. The van der Waals surface area contributed by atoms with Crippen LogP contribution >= 0.6 is 22.7 Å². The fourth-order valence-electron chi connectivity index (χ4n) is 2.80. The van der Waals surface area contributed by atoms with E-state index in [0.29, 0.717) is 27.2 Å². The topological polar surface area (TPSA) is 99.1 Å².